The number of sulfonamides is 1. The van der Waals surface area contributed by atoms with Gasteiger partial charge in [0.05, 0.1) is 15.8 Å². The third-order valence-electron chi connectivity index (χ3n) is 3.00. The van der Waals surface area contributed by atoms with Gasteiger partial charge in [0.2, 0.25) is 10.0 Å². The monoisotopic (exact) mass is 307 g/mol. The zero-order chi connectivity index (χ0) is 13.3. The van der Waals surface area contributed by atoms with Crippen molar-refractivity contribution in [3.05, 3.63) is 33.8 Å². The summed E-state index contributed by atoms with van der Waals surface area (Å²) in [6.45, 7) is 2.04. The topological polar surface area (TPSA) is 37.4 Å². The van der Waals surface area contributed by atoms with Gasteiger partial charge in [0.25, 0.3) is 0 Å². The van der Waals surface area contributed by atoms with Crippen molar-refractivity contribution in [2.24, 2.45) is 0 Å². The normalized spacial score (nSPS) is 16.2. The molecule has 6 heteroatoms. The average Bonchev–Trinajstić information content (AvgIpc) is 3.14. The molecular weight excluding hydrogens is 293 g/mol. The van der Waals surface area contributed by atoms with E-state index in [0.717, 1.165) is 18.4 Å². The fourth-order valence-electron chi connectivity index (χ4n) is 1.80. The van der Waals surface area contributed by atoms with Crippen molar-refractivity contribution in [3.8, 4) is 0 Å². The fourth-order valence-corrected chi connectivity index (χ4v) is 3.46. The first kappa shape index (κ1) is 14.1. The summed E-state index contributed by atoms with van der Waals surface area (Å²) in [6.07, 6.45) is 1.89. The van der Waals surface area contributed by atoms with Crippen LogP contribution < -0.4 is 0 Å². The fraction of sp³-hybridized carbons (Fsp3) is 0.500. The summed E-state index contributed by atoms with van der Waals surface area (Å²) in [7, 11) is -3.16. The lowest BCUT2D eigenvalue weighted by molar-refractivity contribution is 0.399. The average molecular weight is 308 g/mol. The summed E-state index contributed by atoms with van der Waals surface area (Å²) in [5.41, 5.74) is 0.869. The lowest BCUT2D eigenvalue weighted by atomic mass is 10.2. The van der Waals surface area contributed by atoms with Gasteiger partial charge in [0.1, 0.15) is 0 Å². The molecule has 0 heterocycles. The van der Waals surface area contributed by atoms with E-state index in [0.29, 0.717) is 16.6 Å². The van der Waals surface area contributed by atoms with Crippen LogP contribution in [0.2, 0.25) is 10.0 Å². The molecule has 1 aliphatic carbocycles. The zero-order valence-electron chi connectivity index (χ0n) is 10.1. The summed E-state index contributed by atoms with van der Waals surface area (Å²) in [6, 6.07) is 5.40. The van der Waals surface area contributed by atoms with Gasteiger partial charge in [-0.15, -0.1) is 0 Å². The van der Waals surface area contributed by atoms with Crippen molar-refractivity contribution < 1.29 is 8.42 Å². The van der Waals surface area contributed by atoms with Gasteiger partial charge in [-0.25, -0.2) is 8.42 Å². The highest BCUT2D eigenvalue weighted by molar-refractivity contribution is 7.89. The molecule has 100 valence electrons. The summed E-state index contributed by atoms with van der Waals surface area (Å²) in [4.78, 5) is 0. The van der Waals surface area contributed by atoms with Crippen LogP contribution in [0.1, 0.15) is 25.3 Å². The molecule has 18 heavy (non-hydrogen) atoms. The molecule has 0 unspecified atom stereocenters. The molecule has 0 aromatic heterocycles. The Balaban J connectivity index is 2.21. The molecule has 1 aromatic rings. The highest BCUT2D eigenvalue weighted by atomic mass is 35.5. The second-order valence-electron chi connectivity index (χ2n) is 4.43. The van der Waals surface area contributed by atoms with Gasteiger partial charge < -0.3 is 0 Å². The maximum atomic E-state index is 12.0. The first-order valence-electron chi connectivity index (χ1n) is 5.87. The maximum Gasteiger partial charge on any atom is 0.214 e. The van der Waals surface area contributed by atoms with Crippen molar-refractivity contribution >= 4 is 33.2 Å². The molecule has 0 bridgehead atoms. The van der Waals surface area contributed by atoms with Crippen molar-refractivity contribution in [3.63, 3.8) is 0 Å². The van der Waals surface area contributed by atoms with E-state index in [9.17, 15) is 8.42 Å². The molecule has 0 amide bonds. The molecule has 2 rings (SSSR count). The minimum Gasteiger partial charge on any atom is -0.212 e. The van der Waals surface area contributed by atoms with Crippen LogP contribution in [-0.4, -0.2) is 24.5 Å². The van der Waals surface area contributed by atoms with E-state index < -0.39 is 10.0 Å². The largest absolute Gasteiger partial charge is 0.214 e. The molecular formula is C12H15Cl2NO2S. The zero-order valence-corrected chi connectivity index (χ0v) is 12.4. The maximum absolute atomic E-state index is 12.0. The highest BCUT2D eigenvalue weighted by Crippen LogP contribution is 2.32. The molecule has 0 atom stereocenters. The van der Waals surface area contributed by atoms with Crippen LogP contribution >= 0.6 is 23.2 Å². The minimum absolute atomic E-state index is 0.130. The Morgan fingerprint density at radius 1 is 1.28 bits per heavy atom. The number of nitrogens with zero attached hydrogens (tertiary/aromatic N) is 1. The number of hydrogen-bond donors (Lipinski definition) is 0. The van der Waals surface area contributed by atoms with E-state index in [-0.39, 0.29) is 11.8 Å². The second kappa shape index (κ2) is 5.37. The van der Waals surface area contributed by atoms with Crippen LogP contribution in [0.3, 0.4) is 0 Å². The molecule has 0 spiro atoms. The standard InChI is InChI=1S/C12H15Cl2NO2S/c1-2-18(16,17)15(10-4-5-10)8-9-3-6-11(13)12(14)7-9/h3,6-7,10H,2,4-5,8H2,1H3. The minimum atomic E-state index is -3.16. The van der Waals surface area contributed by atoms with E-state index in [1.165, 1.54) is 0 Å². The SMILES string of the molecule is CCS(=O)(=O)N(Cc1ccc(Cl)c(Cl)c1)C1CC1. The Bertz CT molecular complexity index is 541. The molecule has 3 nitrogen and oxygen atoms in total. The molecule has 0 N–H and O–H groups in total. The van der Waals surface area contributed by atoms with Crippen molar-refractivity contribution in [2.45, 2.75) is 32.4 Å². The predicted octanol–water partition coefficient (Wildman–Crippen LogP) is 3.31. The molecule has 1 aromatic carbocycles. The number of rotatable bonds is 5. The third kappa shape index (κ3) is 3.18. The van der Waals surface area contributed by atoms with E-state index in [4.69, 9.17) is 23.2 Å². The van der Waals surface area contributed by atoms with Gasteiger partial charge in [-0.2, -0.15) is 4.31 Å². The Hall–Kier alpha value is -0.290. The van der Waals surface area contributed by atoms with Gasteiger partial charge in [-0.3, -0.25) is 0 Å². The highest BCUT2D eigenvalue weighted by Gasteiger charge is 2.36. The van der Waals surface area contributed by atoms with Gasteiger partial charge in [-0.1, -0.05) is 29.3 Å². The van der Waals surface area contributed by atoms with Crippen LogP contribution in [0, 0.1) is 0 Å². The molecule has 0 saturated heterocycles. The number of hydrogen-bond acceptors (Lipinski definition) is 2. The molecule has 1 aliphatic rings. The Kier molecular flexibility index (Phi) is 4.22. The Labute approximate surface area is 118 Å². The molecule has 0 radical (unpaired) electrons. The van der Waals surface area contributed by atoms with Crippen LogP contribution in [0.4, 0.5) is 0 Å². The first-order valence-corrected chi connectivity index (χ1v) is 8.24. The van der Waals surface area contributed by atoms with Crippen LogP contribution in [-0.2, 0) is 16.6 Å². The third-order valence-corrected chi connectivity index (χ3v) is 5.61. The second-order valence-corrected chi connectivity index (χ2v) is 7.45. The quantitative estimate of drug-likeness (QED) is 0.837. The summed E-state index contributed by atoms with van der Waals surface area (Å²) in [5.74, 6) is 0.130. The van der Waals surface area contributed by atoms with Crippen LogP contribution in [0.25, 0.3) is 0 Å². The number of benzene rings is 1. The van der Waals surface area contributed by atoms with Gasteiger partial charge >= 0.3 is 0 Å². The number of halogens is 2. The Morgan fingerprint density at radius 3 is 2.44 bits per heavy atom. The summed E-state index contributed by atoms with van der Waals surface area (Å²) in [5, 5.41) is 0.940. The molecule has 0 aliphatic heterocycles. The van der Waals surface area contributed by atoms with Crippen molar-refractivity contribution in [1.29, 1.82) is 0 Å². The van der Waals surface area contributed by atoms with Gasteiger partial charge in [-0.05, 0) is 37.5 Å². The Morgan fingerprint density at radius 2 is 1.94 bits per heavy atom. The van der Waals surface area contributed by atoms with Crippen LogP contribution in [0.15, 0.2) is 18.2 Å². The van der Waals surface area contributed by atoms with E-state index >= 15 is 0 Å². The lowest BCUT2D eigenvalue weighted by Crippen LogP contribution is -2.33. The van der Waals surface area contributed by atoms with Crippen LogP contribution in [0.5, 0.6) is 0 Å². The van der Waals surface area contributed by atoms with Gasteiger partial charge in [0, 0.05) is 12.6 Å². The summed E-state index contributed by atoms with van der Waals surface area (Å²) < 4.78 is 25.6. The smallest absolute Gasteiger partial charge is 0.212 e. The first-order chi connectivity index (χ1) is 8.44. The molecule has 1 fully saturated rings. The predicted molar refractivity (Wildman–Crippen MR) is 74.5 cm³/mol. The van der Waals surface area contributed by atoms with Crippen molar-refractivity contribution in [1.82, 2.24) is 4.31 Å². The van der Waals surface area contributed by atoms with E-state index in [2.05, 4.69) is 0 Å². The molecule has 1 saturated carbocycles. The van der Waals surface area contributed by atoms with E-state index in [1.807, 2.05) is 6.07 Å². The van der Waals surface area contributed by atoms with Crippen molar-refractivity contribution in [2.75, 3.05) is 5.75 Å². The lowest BCUT2D eigenvalue weighted by Gasteiger charge is -2.21. The summed E-state index contributed by atoms with van der Waals surface area (Å²) >= 11 is 11.8. The van der Waals surface area contributed by atoms with Gasteiger partial charge in [0.15, 0.2) is 0 Å². The van der Waals surface area contributed by atoms with E-state index in [1.54, 1.807) is 23.4 Å².